The third-order valence-corrected chi connectivity index (χ3v) is 15.4. The maximum atomic E-state index is 2.51. The van der Waals surface area contributed by atoms with Crippen molar-refractivity contribution in [3.63, 3.8) is 0 Å². The van der Waals surface area contributed by atoms with Crippen LogP contribution in [0.2, 0.25) is 0 Å². The van der Waals surface area contributed by atoms with Crippen LogP contribution in [0.3, 0.4) is 0 Å². The minimum absolute atomic E-state index is 1.10. The lowest BCUT2D eigenvalue weighted by Crippen LogP contribution is -2.15. The number of hydrogen-bond acceptors (Lipinski definition) is 3. The van der Waals surface area contributed by atoms with Crippen LogP contribution in [0.1, 0.15) is 0 Å². The number of benzene rings is 13. The molecule has 0 fully saturated rings. The molecule has 1 aromatic heterocycles. The molecule has 356 valence electrons. The predicted octanol–water partition coefficient (Wildman–Crippen LogP) is 20.3. The Balaban J connectivity index is 0.924. The van der Waals surface area contributed by atoms with Crippen LogP contribution in [0.4, 0.5) is 51.2 Å². The van der Waals surface area contributed by atoms with Gasteiger partial charge in [0.15, 0.2) is 0 Å². The van der Waals surface area contributed by atoms with Gasteiger partial charge in [-0.2, -0.15) is 0 Å². The zero-order chi connectivity index (χ0) is 50.1. The molecule has 0 unspecified atom stereocenters. The average Bonchev–Trinajstić information content (AvgIpc) is 3.94. The Morgan fingerprint density at radius 3 is 1.47 bits per heavy atom. The van der Waals surface area contributed by atoms with Crippen molar-refractivity contribution in [3.8, 4) is 27.9 Å². The van der Waals surface area contributed by atoms with Crippen molar-refractivity contribution < 1.29 is 0 Å². The fourth-order valence-electron chi connectivity index (χ4n) is 12.1. The van der Waals surface area contributed by atoms with Crippen molar-refractivity contribution in [1.82, 2.24) is 4.57 Å². The van der Waals surface area contributed by atoms with Crippen LogP contribution in [0, 0.1) is 0 Å². The molecule has 0 radical (unpaired) electrons. The standard InChI is InChI=1S/C72H48N4/c1-6-22-53(23-7-1)73(54-24-8-2-9-25-54)58-39-36-51-45-59(40-37-50(51)44-58)76-68-35-19-21-49-20-18-34-64(71(49)68)72-63-33-17-16-32-61(63)65(48-70(72)76)52-38-42-62-66-47-60(74(55-26-10-3-11-27-55)56-28-12-4-13-29-56)41-43-67(66)75(69(62)46-52)57-30-14-5-15-31-57/h1-48H. The quantitative estimate of drug-likeness (QED) is 0.143. The normalized spacial score (nSPS) is 11.9. The first kappa shape index (κ1) is 43.4. The maximum absolute atomic E-state index is 2.51. The molecule has 13 aromatic carbocycles. The summed E-state index contributed by atoms with van der Waals surface area (Å²) in [6.07, 6.45) is 0. The summed E-state index contributed by atoms with van der Waals surface area (Å²) in [4.78, 5) is 7.19. The van der Waals surface area contributed by atoms with Crippen LogP contribution < -0.4 is 14.7 Å². The number of para-hydroxylation sites is 5. The third-order valence-electron chi connectivity index (χ3n) is 15.4. The molecule has 0 amide bonds. The number of aromatic nitrogens is 1. The molecule has 2 heterocycles. The van der Waals surface area contributed by atoms with E-state index in [-0.39, 0.29) is 0 Å². The van der Waals surface area contributed by atoms with Gasteiger partial charge in [0, 0.05) is 67.2 Å². The number of fused-ring (bicyclic) bond motifs is 8. The van der Waals surface area contributed by atoms with E-state index < -0.39 is 0 Å². The summed E-state index contributed by atoms with van der Waals surface area (Å²) in [5.74, 6) is 0. The van der Waals surface area contributed by atoms with Gasteiger partial charge in [0.25, 0.3) is 0 Å². The Morgan fingerprint density at radius 2 is 0.816 bits per heavy atom. The second-order valence-corrected chi connectivity index (χ2v) is 19.7. The van der Waals surface area contributed by atoms with Crippen LogP contribution in [0.5, 0.6) is 0 Å². The van der Waals surface area contributed by atoms with Crippen LogP contribution in [0.15, 0.2) is 291 Å². The van der Waals surface area contributed by atoms with E-state index in [9.17, 15) is 0 Å². The zero-order valence-corrected chi connectivity index (χ0v) is 41.5. The van der Waals surface area contributed by atoms with Gasteiger partial charge in [-0.1, -0.05) is 170 Å². The second kappa shape index (κ2) is 17.8. The summed E-state index contributed by atoms with van der Waals surface area (Å²) in [7, 11) is 0. The molecule has 15 rings (SSSR count). The molecule has 1 aliphatic heterocycles. The first-order valence-electron chi connectivity index (χ1n) is 26.1. The van der Waals surface area contributed by atoms with Crippen LogP contribution in [-0.2, 0) is 0 Å². The van der Waals surface area contributed by atoms with E-state index in [2.05, 4.69) is 310 Å². The summed E-state index contributed by atoms with van der Waals surface area (Å²) in [6, 6.07) is 106. The summed E-state index contributed by atoms with van der Waals surface area (Å²) < 4.78 is 2.44. The predicted molar refractivity (Wildman–Crippen MR) is 322 cm³/mol. The van der Waals surface area contributed by atoms with Crippen LogP contribution >= 0.6 is 0 Å². The van der Waals surface area contributed by atoms with Gasteiger partial charge in [-0.05, 0) is 165 Å². The Hall–Kier alpha value is -10.2. The zero-order valence-electron chi connectivity index (χ0n) is 41.5. The van der Waals surface area contributed by atoms with E-state index in [1.165, 1.54) is 65.5 Å². The molecule has 1 aliphatic rings. The van der Waals surface area contributed by atoms with Gasteiger partial charge in [-0.25, -0.2) is 0 Å². The van der Waals surface area contributed by atoms with Gasteiger partial charge in [-0.15, -0.1) is 0 Å². The third kappa shape index (κ3) is 7.07. The molecule has 4 nitrogen and oxygen atoms in total. The number of anilines is 9. The molecular weight excluding hydrogens is 921 g/mol. The second-order valence-electron chi connectivity index (χ2n) is 19.7. The van der Waals surface area contributed by atoms with Crippen LogP contribution in [0.25, 0.3) is 82.1 Å². The fraction of sp³-hybridized carbons (Fsp3) is 0. The number of rotatable bonds is 9. The molecule has 0 N–H and O–H groups in total. The molecule has 0 aliphatic carbocycles. The highest BCUT2D eigenvalue weighted by Gasteiger charge is 2.30. The Morgan fingerprint density at radius 1 is 0.263 bits per heavy atom. The largest absolute Gasteiger partial charge is 0.310 e. The SMILES string of the molecule is c1ccc(N(c2ccccc2)c2ccc3cc(N4c5cc(-c6ccc7c8cc(N(c9ccccc9)c9ccccc9)ccc8n(-c8ccccc8)c7c6)c6ccccc6c5-c5cccc6cccc4c56)ccc3c2)cc1. The molecular formula is C72H48N4. The van der Waals surface area contributed by atoms with Crippen molar-refractivity contribution in [3.05, 3.63) is 291 Å². The van der Waals surface area contributed by atoms with E-state index in [1.54, 1.807) is 0 Å². The van der Waals surface area contributed by atoms with Gasteiger partial charge in [-0.3, -0.25) is 0 Å². The highest BCUT2D eigenvalue weighted by molar-refractivity contribution is 6.22. The van der Waals surface area contributed by atoms with E-state index in [1.807, 2.05) is 0 Å². The number of nitrogens with zero attached hydrogens (tertiary/aromatic N) is 4. The van der Waals surface area contributed by atoms with Crippen molar-refractivity contribution in [2.45, 2.75) is 0 Å². The van der Waals surface area contributed by atoms with Crippen molar-refractivity contribution in [2.75, 3.05) is 14.7 Å². The maximum Gasteiger partial charge on any atom is 0.0553 e. The first-order chi connectivity index (χ1) is 37.7. The van der Waals surface area contributed by atoms with Gasteiger partial charge in [0.1, 0.15) is 0 Å². The smallest absolute Gasteiger partial charge is 0.0553 e. The minimum Gasteiger partial charge on any atom is -0.310 e. The Bertz CT molecular complexity index is 4430. The summed E-state index contributed by atoms with van der Waals surface area (Å²) in [5.41, 5.74) is 18.4. The lowest BCUT2D eigenvalue weighted by Gasteiger charge is -2.35. The molecule has 14 aromatic rings. The lowest BCUT2D eigenvalue weighted by molar-refractivity contribution is 1.18. The number of hydrogen-bond donors (Lipinski definition) is 0. The van der Waals surface area contributed by atoms with Crippen molar-refractivity contribution >= 4 is 105 Å². The molecule has 4 heteroatoms. The Kier molecular flexibility index (Phi) is 10.2. The van der Waals surface area contributed by atoms with E-state index in [0.29, 0.717) is 0 Å². The van der Waals surface area contributed by atoms with Gasteiger partial charge in [0.2, 0.25) is 0 Å². The summed E-state index contributed by atoms with van der Waals surface area (Å²) >= 11 is 0. The molecule has 0 saturated carbocycles. The monoisotopic (exact) mass is 968 g/mol. The fourth-order valence-corrected chi connectivity index (χ4v) is 12.1. The van der Waals surface area contributed by atoms with Gasteiger partial charge < -0.3 is 19.3 Å². The van der Waals surface area contributed by atoms with Crippen LogP contribution in [-0.4, -0.2) is 4.57 Å². The summed E-state index contributed by atoms with van der Waals surface area (Å²) in [5, 5.41) is 9.68. The Labute approximate surface area is 441 Å². The molecule has 0 atom stereocenters. The van der Waals surface area contributed by atoms with E-state index >= 15 is 0 Å². The van der Waals surface area contributed by atoms with Gasteiger partial charge >= 0.3 is 0 Å². The van der Waals surface area contributed by atoms with Crippen molar-refractivity contribution in [1.29, 1.82) is 0 Å². The van der Waals surface area contributed by atoms with E-state index in [4.69, 9.17) is 0 Å². The molecule has 0 saturated heterocycles. The molecule has 0 bridgehead atoms. The minimum atomic E-state index is 1.10. The lowest BCUT2D eigenvalue weighted by atomic mass is 9.85. The molecule has 76 heavy (non-hydrogen) atoms. The van der Waals surface area contributed by atoms with Gasteiger partial charge in [0.05, 0.1) is 22.4 Å². The first-order valence-corrected chi connectivity index (χ1v) is 26.1. The summed E-state index contributed by atoms with van der Waals surface area (Å²) in [6.45, 7) is 0. The van der Waals surface area contributed by atoms with Crippen molar-refractivity contribution in [2.24, 2.45) is 0 Å². The highest BCUT2D eigenvalue weighted by Crippen LogP contribution is 2.55. The highest BCUT2D eigenvalue weighted by atomic mass is 15.2. The average molecular weight is 969 g/mol. The topological polar surface area (TPSA) is 14.7 Å². The van der Waals surface area contributed by atoms with E-state index in [0.717, 1.165) is 67.8 Å². The molecule has 0 spiro atoms.